The van der Waals surface area contributed by atoms with Gasteiger partial charge in [-0.25, -0.2) is 0 Å². The summed E-state index contributed by atoms with van der Waals surface area (Å²) in [5, 5.41) is 10.1. The molecule has 0 atom stereocenters. The number of phenolic OH excluding ortho intramolecular Hbond substituents is 1. The lowest BCUT2D eigenvalue weighted by Crippen LogP contribution is -2.23. The third-order valence-corrected chi connectivity index (χ3v) is 4.08. The molecule has 0 spiro atoms. The highest BCUT2D eigenvalue weighted by Gasteiger charge is 2.23. The summed E-state index contributed by atoms with van der Waals surface area (Å²) in [6.45, 7) is 3.08. The molecule has 0 bridgehead atoms. The van der Waals surface area contributed by atoms with Gasteiger partial charge in [0.05, 0.1) is 0 Å². The van der Waals surface area contributed by atoms with Gasteiger partial charge < -0.3 is 14.7 Å². The molecule has 1 aliphatic heterocycles. The van der Waals surface area contributed by atoms with Gasteiger partial charge in [0.1, 0.15) is 6.61 Å². The second-order valence-electron chi connectivity index (χ2n) is 5.49. The molecule has 0 saturated carbocycles. The summed E-state index contributed by atoms with van der Waals surface area (Å²) in [7, 11) is 2.08. The van der Waals surface area contributed by atoms with Crippen LogP contribution < -0.4 is 9.64 Å². The maximum Gasteiger partial charge on any atom is 0.163 e. The van der Waals surface area contributed by atoms with Crippen LogP contribution in [0.1, 0.15) is 18.1 Å². The van der Waals surface area contributed by atoms with Gasteiger partial charge in [0.15, 0.2) is 11.5 Å². The normalized spacial score (nSPS) is 12.3. The van der Waals surface area contributed by atoms with Crippen LogP contribution in [-0.2, 0) is 13.0 Å². The van der Waals surface area contributed by atoms with Crippen molar-refractivity contribution in [1.82, 2.24) is 0 Å². The number of hydrogen-bond donors (Lipinski definition) is 1. The molecule has 2 aromatic rings. The molecule has 3 rings (SSSR count). The fourth-order valence-corrected chi connectivity index (χ4v) is 3.11. The molecule has 112 valence electrons. The molecule has 0 fully saturated rings. The van der Waals surface area contributed by atoms with Crippen molar-refractivity contribution < 1.29 is 9.84 Å². The van der Waals surface area contributed by atoms with Crippen LogP contribution in [0.5, 0.6) is 11.5 Å². The Balaban J connectivity index is 2.17. The van der Waals surface area contributed by atoms with E-state index in [1.54, 1.807) is 6.07 Å². The number of aromatic hydroxyl groups is 1. The molecule has 2 aromatic carbocycles. The van der Waals surface area contributed by atoms with Crippen LogP contribution in [0.25, 0.3) is 11.1 Å². The molecule has 3 nitrogen and oxygen atoms in total. The van der Waals surface area contributed by atoms with Crippen molar-refractivity contribution in [1.29, 1.82) is 0 Å². The Morgan fingerprint density at radius 2 is 2.14 bits per heavy atom. The molecule has 22 heavy (non-hydrogen) atoms. The van der Waals surface area contributed by atoms with Crippen molar-refractivity contribution >= 4 is 5.69 Å². The van der Waals surface area contributed by atoms with Crippen molar-refractivity contribution in [2.45, 2.75) is 19.9 Å². The van der Waals surface area contributed by atoms with Gasteiger partial charge in [-0.05, 0) is 35.2 Å². The quantitative estimate of drug-likeness (QED) is 0.878. The summed E-state index contributed by atoms with van der Waals surface area (Å²) >= 11 is 0. The highest BCUT2D eigenvalue weighted by atomic mass is 16.5. The second-order valence-corrected chi connectivity index (χ2v) is 5.49. The van der Waals surface area contributed by atoms with E-state index in [4.69, 9.17) is 11.2 Å². The Hall–Kier alpha value is -2.60. The van der Waals surface area contributed by atoms with Gasteiger partial charge in [-0.3, -0.25) is 0 Å². The van der Waals surface area contributed by atoms with Gasteiger partial charge in [0.25, 0.3) is 0 Å². The predicted molar refractivity (Wildman–Crippen MR) is 89.4 cm³/mol. The zero-order valence-electron chi connectivity index (χ0n) is 12.9. The van der Waals surface area contributed by atoms with E-state index >= 15 is 0 Å². The fraction of sp³-hybridized carbons (Fsp3) is 0.263. The van der Waals surface area contributed by atoms with Gasteiger partial charge in [-0.15, -0.1) is 6.42 Å². The SMILES string of the molecule is C#CCOc1cc2c(cc1O)CN(C)c1c(CC)cccc1-2. The summed E-state index contributed by atoms with van der Waals surface area (Å²) < 4.78 is 5.45. The first kappa shape index (κ1) is 14.3. The minimum absolute atomic E-state index is 0.137. The highest BCUT2D eigenvalue weighted by Crippen LogP contribution is 2.44. The minimum Gasteiger partial charge on any atom is -0.504 e. The van der Waals surface area contributed by atoms with E-state index in [1.165, 1.54) is 16.8 Å². The third kappa shape index (κ3) is 2.27. The molecule has 0 amide bonds. The van der Waals surface area contributed by atoms with E-state index in [1.807, 2.05) is 6.07 Å². The number of terminal acetylenes is 1. The van der Waals surface area contributed by atoms with Crippen molar-refractivity contribution in [2.75, 3.05) is 18.6 Å². The summed E-state index contributed by atoms with van der Waals surface area (Å²) in [4.78, 5) is 2.23. The number of benzene rings is 2. The average molecular weight is 293 g/mol. The van der Waals surface area contributed by atoms with Crippen LogP contribution in [0, 0.1) is 12.3 Å². The zero-order valence-corrected chi connectivity index (χ0v) is 12.9. The lowest BCUT2D eigenvalue weighted by molar-refractivity contribution is 0.342. The van der Waals surface area contributed by atoms with E-state index < -0.39 is 0 Å². The number of aryl methyl sites for hydroxylation is 1. The second kappa shape index (κ2) is 5.65. The Morgan fingerprint density at radius 3 is 2.86 bits per heavy atom. The number of fused-ring (bicyclic) bond motifs is 3. The molecular weight excluding hydrogens is 274 g/mol. The number of nitrogens with zero attached hydrogens (tertiary/aromatic N) is 1. The number of rotatable bonds is 3. The molecule has 0 unspecified atom stereocenters. The molecule has 1 aliphatic rings. The van der Waals surface area contributed by atoms with Gasteiger partial charge in [-0.1, -0.05) is 31.0 Å². The topological polar surface area (TPSA) is 32.7 Å². The summed E-state index contributed by atoms with van der Waals surface area (Å²) in [5.74, 6) is 3.00. The van der Waals surface area contributed by atoms with Crippen LogP contribution in [0.2, 0.25) is 0 Å². The average Bonchev–Trinajstić information content (AvgIpc) is 2.52. The van der Waals surface area contributed by atoms with Crippen molar-refractivity contribution in [3.8, 4) is 35.0 Å². The number of phenols is 1. The summed E-state index contributed by atoms with van der Waals surface area (Å²) in [5.41, 5.74) is 5.95. The molecule has 1 heterocycles. The van der Waals surface area contributed by atoms with Crippen molar-refractivity contribution in [3.63, 3.8) is 0 Å². The highest BCUT2D eigenvalue weighted by molar-refractivity contribution is 5.86. The number of hydrogen-bond acceptors (Lipinski definition) is 3. The largest absolute Gasteiger partial charge is 0.504 e. The summed E-state index contributed by atoms with van der Waals surface area (Å²) in [6, 6.07) is 10.0. The Morgan fingerprint density at radius 1 is 1.32 bits per heavy atom. The summed E-state index contributed by atoms with van der Waals surface area (Å²) in [6.07, 6.45) is 6.22. The van der Waals surface area contributed by atoms with Gasteiger partial charge in [-0.2, -0.15) is 0 Å². The van der Waals surface area contributed by atoms with Crippen LogP contribution in [0.3, 0.4) is 0 Å². The van der Waals surface area contributed by atoms with Gasteiger partial charge in [0, 0.05) is 24.8 Å². The fourth-order valence-electron chi connectivity index (χ4n) is 3.11. The lowest BCUT2D eigenvalue weighted by Gasteiger charge is -2.32. The van der Waals surface area contributed by atoms with Gasteiger partial charge >= 0.3 is 0 Å². The standard InChI is InChI=1S/C19H19NO2/c1-4-9-22-18-11-16-14(10-17(18)21)12-20(3)19-13(5-2)7-6-8-15(16)19/h1,6-8,10-11,21H,5,9,12H2,2-3H3. The third-order valence-electron chi connectivity index (χ3n) is 4.08. The maximum absolute atomic E-state index is 10.1. The minimum atomic E-state index is 0.137. The van der Waals surface area contributed by atoms with E-state index in [9.17, 15) is 5.11 Å². The number of para-hydroxylation sites is 1. The van der Waals surface area contributed by atoms with Crippen LogP contribution in [0.4, 0.5) is 5.69 Å². The van der Waals surface area contributed by atoms with E-state index in [2.05, 4.69) is 43.0 Å². The molecule has 1 N–H and O–H groups in total. The smallest absolute Gasteiger partial charge is 0.163 e. The Labute approximate surface area is 131 Å². The number of anilines is 1. The lowest BCUT2D eigenvalue weighted by atomic mass is 9.90. The van der Waals surface area contributed by atoms with Crippen molar-refractivity contribution in [2.24, 2.45) is 0 Å². The van der Waals surface area contributed by atoms with Crippen LogP contribution in [-0.4, -0.2) is 18.8 Å². The predicted octanol–water partition coefficient (Wildman–Crippen LogP) is 3.58. The molecular formula is C19H19NO2. The van der Waals surface area contributed by atoms with E-state index in [0.29, 0.717) is 5.75 Å². The van der Waals surface area contributed by atoms with Crippen LogP contribution in [0.15, 0.2) is 30.3 Å². The molecule has 0 aromatic heterocycles. The molecule has 0 saturated heterocycles. The van der Waals surface area contributed by atoms with E-state index in [-0.39, 0.29) is 12.4 Å². The molecule has 0 radical (unpaired) electrons. The Kier molecular flexibility index (Phi) is 3.68. The Bertz CT molecular complexity index is 759. The zero-order chi connectivity index (χ0) is 15.7. The van der Waals surface area contributed by atoms with E-state index in [0.717, 1.165) is 24.1 Å². The first-order valence-electron chi connectivity index (χ1n) is 7.41. The number of ether oxygens (including phenoxy) is 1. The van der Waals surface area contributed by atoms with Gasteiger partial charge in [0.2, 0.25) is 0 Å². The van der Waals surface area contributed by atoms with Crippen LogP contribution >= 0.6 is 0 Å². The molecule has 3 heteroatoms. The maximum atomic E-state index is 10.1. The first-order chi connectivity index (χ1) is 10.7. The molecule has 0 aliphatic carbocycles. The monoisotopic (exact) mass is 293 g/mol. The van der Waals surface area contributed by atoms with Crippen molar-refractivity contribution in [3.05, 3.63) is 41.5 Å². The first-order valence-corrected chi connectivity index (χ1v) is 7.41.